The summed E-state index contributed by atoms with van der Waals surface area (Å²) >= 11 is 0. The van der Waals surface area contributed by atoms with Crippen molar-refractivity contribution in [3.63, 3.8) is 0 Å². The highest BCUT2D eigenvalue weighted by molar-refractivity contribution is 5.85. The Hall–Kier alpha value is -1.17. The zero-order valence-electron chi connectivity index (χ0n) is 10.7. The predicted molar refractivity (Wildman–Crippen MR) is 72.4 cm³/mol. The lowest BCUT2D eigenvalue weighted by Gasteiger charge is -2.24. The van der Waals surface area contributed by atoms with E-state index < -0.39 is 6.04 Å². The van der Waals surface area contributed by atoms with Gasteiger partial charge in [-0.25, -0.2) is 0 Å². The Bertz CT molecular complexity index is 346. The molecule has 1 aromatic heterocycles. The van der Waals surface area contributed by atoms with Gasteiger partial charge in [-0.1, -0.05) is 6.07 Å². The van der Waals surface area contributed by atoms with Gasteiger partial charge in [0, 0.05) is 32.6 Å². The SMILES string of the molecule is COCCN(Cc1cccnc1)C(=O)C(C)N.Cl. The molecular weight excluding hydrogens is 254 g/mol. The van der Waals surface area contributed by atoms with E-state index in [9.17, 15) is 4.79 Å². The van der Waals surface area contributed by atoms with Gasteiger partial charge in [0.15, 0.2) is 0 Å². The van der Waals surface area contributed by atoms with Crippen LogP contribution in [0.15, 0.2) is 24.5 Å². The summed E-state index contributed by atoms with van der Waals surface area (Å²) < 4.78 is 4.99. The molecule has 0 saturated carbocycles. The van der Waals surface area contributed by atoms with Gasteiger partial charge in [-0.2, -0.15) is 0 Å². The number of amides is 1. The van der Waals surface area contributed by atoms with Gasteiger partial charge in [0.25, 0.3) is 0 Å². The van der Waals surface area contributed by atoms with E-state index in [1.807, 2.05) is 12.1 Å². The maximum absolute atomic E-state index is 11.9. The van der Waals surface area contributed by atoms with Crippen molar-refractivity contribution < 1.29 is 9.53 Å². The van der Waals surface area contributed by atoms with Gasteiger partial charge in [-0.3, -0.25) is 9.78 Å². The van der Waals surface area contributed by atoms with Crippen LogP contribution in [-0.4, -0.2) is 42.1 Å². The number of aromatic nitrogens is 1. The monoisotopic (exact) mass is 273 g/mol. The van der Waals surface area contributed by atoms with Crippen molar-refractivity contribution >= 4 is 18.3 Å². The summed E-state index contributed by atoms with van der Waals surface area (Å²) in [5.74, 6) is -0.0779. The van der Waals surface area contributed by atoms with E-state index in [1.54, 1.807) is 31.3 Å². The van der Waals surface area contributed by atoms with Crippen molar-refractivity contribution in [2.24, 2.45) is 5.73 Å². The highest BCUT2D eigenvalue weighted by Crippen LogP contribution is 2.04. The fraction of sp³-hybridized carbons (Fsp3) is 0.500. The van der Waals surface area contributed by atoms with Crippen LogP contribution in [0.2, 0.25) is 0 Å². The molecule has 0 aliphatic heterocycles. The minimum Gasteiger partial charge on any atom is -0.383 e. The first-order valence-electron chi connectivity index (χ1n) is 5.57. The lowest BCUT2D eigenvalue weighted by molar-refractivity contribution is -0.133. The molecule has 102 valence electrons. The largest absolute Gasteiger partial charge is 0.383 e. The molecule has 18 heavy (non-hydrogen) atoms. The summed E-state index contributed by atoms with van der Waals surface area (Å²) in [6.07, 6.45) is 3.45. The quantitative estimate of drug-likeness (QED) is 0.833. The number of rotatable bonds is 6. The number of pyridine rings is 1. The van der Waals surface area contributed by atoms with Gasteiger partial charge in [-0.15, -0.1) is 12.4 Å². The zero-order chi connectivity index (χ0) is 12.7. The summed E-state index contributed by atoms with van der Waals surface area (Å²) in [6.45, 7) is 3.23. The number of carbonyl (C=O) groups is 1. The second kappa shape index (κ2) is 8.85. The molecule has 1 atom stereocenters. The molecule has 0 aliphatic rings. The molecule has 0 aliphatic carbocycles. The maximum atomic E-state index is 11.9. The summed E-state index contributed by atoms with van der Waals surface area (Å²) in [6, 6.07) is 3.28. The minimum atomic E-state index is -0.497. The fourth-order valence-electron chi connectivity index (χ4n) is 1.47. The molecule has 0 fully saturated rings. The van der Waals surface area contributed by atoms with Gasteiger partial charge >= 0.3 is 0 Å². The standard InChI is InChI=1S/C12H19N3O2.ClH/c1-10(13)12(16)15(6-7-17-2)9-11-4-3-5-14-8-11;/h3-5,8,10H,6-7,9,13H2,1-2H3;1H. The van der Waals surface area contributed by atoms with Gasteiger partial charge in [0.05, 0.1) is 12.6 Å². The molecule has 1 amide bonds. The topological polar surface area (TPSA) is 68.5 Å². The van der Waals surface area contributed by atoms with Crippen molar-refractivity contribution in [1.82, 2.24) is 9.88 Å². The van der Waals surface area contributed by atoms with Crippen molar-refractivity contribution in [3.8, 4) is 0 Å². The van der Waals surface area contributed by atoms with E-state index in [2.05, 4.69) is 4.98 Å². The van der Waals surface area contributed by atoms with Crippen LogP contribution in [0.25, 0.3) is 0 Å². The predicted octanol–water partition coefficient (Wildman–Crippen LogP) is 0.826. The molecule has 2 N–H and O–H groups in total. The molecule has 6 heteroatoms. The molecule has 0 aromatic carbocycles. The van der Waals surface area contributed by atoms with E-state index >= 15 is 0 Å². The molecule has 0 radical (unpaired) electrons. The molecule has 1 rings (SSSR count). The Kier molecular flexibility index (Phi) is 8.28. The number of hydrogen-bond donors (Lipinski definition) is 1. The second-order valence-electron chi connectivity index (χ2n) is 3.90. The van der Waals surface area contributed by atoms with Crippen LogP contribution in [0, 0.1) is 0 Å². The van der Waals surface area contributed by atoms with E-state index in [1.165, 1.54) is 0 Å². The molecule has 5 nitrogen and oxygen atoms in total. The number of hydrogen-bond acceptors (Lipinski definition) is 4. The lowest BCUT2D eigenvalue weighted by Crippen LogP contribution is -2.43. The number of nitrogens with two attached hydrogens (primary N) is 1. The van der Waals surface area contributed by atoms with Crippen molar-refractivity contribution in [3.05, 3.63) is 30.1 Å². The van der Waals surface area contributed by atoms with Crippen molar-refractivity contribution in [2.75, 3.05) is 20.3 Å². The van der Waals surface area contributed by atoms with E-state index in [0.29, 0.717) is 19.7 Å². The van der Waals surface area contributed by atoms with Gasteiger partial charge in [-0.05, 0) is 18.6 Å². The van der Waals surface area contributed by atoms with E-state index in [0.717, 1.165) is 5.56 Å². The fourth-order valence-corrected chi connectivity index (χ4v) is 1.47. The highest BCUT2D eigenvalue weighted by atomic mass is 35.5. The minimum absolute atomic E-state index is 0. The molecule has 0 spiro atoms. The maximum Gasteiger partial charge on any atom is 0.239 e. The Morgan fingerprint density at radius 2 is 2.33 bits per heavy atom. The molecule has 0 bridgehead atoms. The second-order valence-corrected chi connectivity index (χ2v) is 3.90. The first-order valence-corrected chi connectivity index (χ1v) is 5.57. The van der Waals surface area contributed by atoms with Crippen LogP contribution >= 0.6 is 12.4 Å². The Morgan fingerprint density at radius 1 is 1.61 bits per heavy atom. The van der Waals surface area contributed by atoms with E-state index in [-0.39, 0.29) is 18.3 Å². The van der Waals surface area contributed by atoms with Gasteiger partial charge < -0.3 is 15.4 Å². The van der Waals surface area contributed by atoms with Crippen molar-refractivity contribution in [2.45, 2.75) is 19.5 Å². The number of nitrogens with zero attached hydrogens (tertiary/aromatic N) is 2. The van der Waals surface area contributed by atoms with Crippen LogP contribution < -0.4 is 5.73 Å². The molecule has 0 saturated heterocycles. The number of ether oxygens (including phenoxy) is 1. The Morgan fingerprint density at radius 3 is 2.83 bits per heavy atom. The summed E-state index contributed by atoms with van der Waals surface area (Å²) in [5, 5.41) is 0. The van der Waals surface area contributed by atoms with Crippen LogP contribution in [0.4, 0.5) is 0 Å². The number of halogens is 1. The van der Waals surface area contributed by atoms with Crippen LogP contribution in [0.5, 0.6) is 0 Å². The first-order chi connectivity index (χ1) is 8.15. The van der Waals surface area contributed by atoms with Crippen LogP contribution in [0.1, 0.15) is 12.5 Å². The molecule has 1 heterocycles. The smallest absolute Gasteiger partial charge is 0.239 e. The third kappa shape index (κ3) is 5.44. The van der Waals surface area contributed by atoms with Gasteiger partial charge in [0.1, 0.15) is 0 Å². The molecule has 1 aromatic rings. The lowest BCUT2D eigenvalue weighted by atomic mass is 10.2. The summed E-state index contributed by atoms with van der Waals surface area (Å²) in [4.78, 5) is 17.6. The van der Waals surface area contributed by atoms with Crippen LogP contribution in [0.3, 0.4) is 0 Å². The normalized spacial score (nSPS) is 11.5. The van der Waals surface area contributed by atoms with Gasteiger partial charge in [0.2, 0.25) is 5.91 Å². The third-order valence-corrected chi connectivity index (χ3v) is 2.36. The van der Waals surface area contributed by atoms with Crippen LogP contribution in [-0.2, 0) is 16.1 Å². The average Bonchev–Trinajstić information content (AvgIpc) is 2.34. The number of methoxy groups -OCH3 is 1. The zero-order valence-corrected chi connectivity index (χ0v) is 11.5. The highest BCUT2D eigenvalue weighted by Gasteiger charge is 2.17. The van der Waals surface area contributed by atoms with E-state index in [4.69, 9.17) is 10.5 Å². The first kappa shape index (κ1) is 16.8. The summed E-state index contributed by atoms with van der Waals surface area (Å²) in [5.41, 5.74) is 6.60. The Labute approximate surface area is 114 Å². The average molecular weight is 274 g/mol. The molecule has 1 unspecified atom stereocenters. The van der Waals surface area contributed by atoms with Crippen molar-refractivity contribution in [1.29, 1.82) is 0 Å². The molecular formula is C12H20ClN3O2. The number of carbonyl (C=O) groups excluding carboxylic acids is 1. The Balaban J connectivity index is 0.00000289. The summed E-state index contributed by atoms with van der Waals surface area (Å²) in [7, 11) is 1.61. The third-order valence-electron chi connectivity index (χ3n) is 2.36.